The van der Waals surface area contributed by atoms with E-state index in [0.717, 1.165) is 32.5 Å². The van der Waals surface area contributed by atoms with Crippen LogP contribution < -0.4 is 5.32 Å². The lowest BCUT2D eigenvalue weighted by atomic mass is 9.93. The van der Waals surface area contributed by atoms with Crippen molar-refractivity contribution < 1.29 is 14.2 Å². The molecule has 1 aliphatic heterocycles. The molecule has 1 aromatic carbocycles. The minimum atomic E-state index is -0.728. The monoisotopic (exact) mass is 315 g/mol. The van der Waals surface area contributed by atoms with Gasteiger partial charge in [0, 0.05) is 25.8 Å². The molecule has 1 heterocycles. The first-order chi connectivity index (χ1) is 10.1. The highest BCUT2D eigenvalue weighted by Crippen LogP contribution is 2.22. The summed E-state index contributed by atoms with van der Waals surface area (Å²) in [6, 6.07) is 4.74. The van der Waals surface area contributed by atoms with E-state index in [0.29, 0.717) is 24.1 Å². The maximum atomic E-state index is 13.4. The van der Waals surface area contributed by atoms with Crippen molar-refractivity contribution in [2.45, 2.75) is 38.3 Å². The van der Waals surface area contributed by atoms with Gasteiger partial charge in [0.2, 0.25) is 0 Å². The Kier molecular flexibility index (Phi) is 6.42. The van der Waals surface area contributed by atoms with Crippen molar-refractivity contribution in [1.29, 1.82) is 0 Å². The Morgan fingerprint density at radius 3 is 2.81 bits per heavy atom. The first kappa shape index (κ1) is 16.7. The molecule has 0 radical (unpaired) electrons. The standard InChI is InChI=1S/C16H23ClFNO2/c1-11(8-12-4-6-21-7-5-12)19-10-16(20)13-2-3-14(17)15(18)9-13/h2-3,9,11-12,16,19-20H,4-8,10H2,1H3. The molecule has 0 spiro atoms. The van der Waals surface area contributed by atoms with Gasteiger partial charge in [0.05, 0.1) is 11.1 Å². The van der Waals surface area contributed by atoms with Gasteiger partial charge in [-0.25, -0.2) is 4.39 Å². The highest BCUT2D eigenvalue weighted by molar-refractivity contribution is 6.30. The number of aliphatic hydroxyl groups is 1. The van der Waals surface area contributed by atoms with Crippen LogP contribution in [0.3, 0.4) is 0 Å². The predicted molar refractivity (Wildman–Crippen MR) is 82.0 cm³/mol. The van der Waals surface area contributed by atoms with Crippen molar-refractivity contribution in [3.8, 4) is 0 Å². The summed E-state index contributed by atoms with van der Waals surface area (Å²) in [5.74, 6) is 0.190. The van der Waals surface area contributed by atoms with E-state index in [2.05, 4.69) is 12.2 Å². The van der Waals surface area contributed by atoms with Gasteiger partial charge in [-0.05, 0) is 49.8 Å². The zero-order valence-corrected chi connectivity index (χ0v) is 13.1. The molecule has 0 aromatic heterocycles. The molecule has 0 bridgehead atoms. The second-order valence-electron chi connectivity index (χ2n) is 5.79. The summed E-state index contributed by atoms with van der Waals surface area (Å²) in [7, 11) is 0. The topological polar surface area (TPSA) is 41.5 Å². The third-order valence-corrected chi connectivity index (χ3v) is 4.32. The molecule has 1 aromatic rings. The summed E-state index contributed by atoms with van der Waals surface area (Å²) in [4.78, 5) is 0. The third kappa shape index (κ3) is 5.22. The maximum absolute atomic E-state index is 13.4. The predicted octanol–water partition coefficient (Wildman–Crippen LogP) is 3.31. The number of benzene rings is 1. The van der Waals surface area contributed by atoms with Crippen LogP contribution in [0.2, 0.25) is 5.02 Å². The van der Waals surface area contributed by atoms with Crippen LogP contribution in [-0.2, 0) is 4.74 Å². The van der Waals surface area contributed by atoms with Crippen LogP contribution in [0.25, 0.3) is 0 Å². The summed E-state index contributed by atoms with van der Waals surface area (Å²) in [6.07, 6.45) is 2.56. The van der Waals surface area contributed by atoms with Gasteiger partial charge in [0.15, 0.2) is 0 Å². The van der Waals surface area contributed by atoms with Gasteiger partial charge in [-0.2, -0.15) is 0 Å². The lowest BCUT2D eigenvalue weighted by Crippen LogP contribution is -2.33. The SMILES string of the molecule is CC(CC1CCOCC1)NCC(O)c1ccc(Cl)c(F)c1. The Bertz CT molecular complexity index is 452. The molecule has 0 aliphatic carbocycles. The second-order valence-corrected chi connectivity index (χ2v) is 6.20. The molecule has 2 rings (SSSR count). The van der Waals surface area contributed by atoms with Crippen molar-refractivity contribution in [3.63, 3.8) is 0 Å². The van der Waals surface area contributed by atoms with Gasteiger partial charge < -0.3 is 15.2 Å². The quantitative estimate of drug-likeness (QED) is 0.846. The van der Waals surface area contributed by atoms with Crippen molar-refractivity contribution in [2.75, 3.05) is 19.8 Å². The zero-order valence-electron chi connectivity index (χ0n) is 12.3. The molecule has 0 amide bonds. The number of ether oxygens (including phenoxy) is 1. The molecule has 2 atom stereocenters. The summed E-state index contributed by atoms with van der Waals surface area (Å²) >= 11 is 5.64. The van der Waals surface area contributed by atoms with Crippen LogP contribution in [0.1, 0.15) is 37.9 Å². The van der Waals surface area contributed by atoms with Crippen LogP contribution in [-0.4, -0.2) is 30.9 Å². The van der Waals surface area contributed by atoms with E-state index >= 15 is 0 Å². The number of hydrogen-bond donors (Lipinski definition) is 2. The highest BCUT2D eigenvalue weighted by atomic mass is 35.5. The van der Waals surface area contributed by atoms with Crippen LogP contribution in [0, 0.1) is 11.7 Å². The Labute approximate surface area is 130 Å². The first-order valence-electron chi connectivity index (χ1n) is 7.50. The highest BCUT2D eigenvalue weighted by Gasteiger charge is 2.17. The van der Waals surface area contributed by atoms with Gasteiger partial charge in [0.25, 0.3) is 0 Å². The van der Waals surface area contributed by atoms with E-state index in [9.17, 15) is 9.50 Å². The molecular formula is C16H23ClFNO2. The van der Waals surface area contributed by atoms with E-state index < -0.39 is 11.9 Å². The lowest BCUT2D eigenvalue weighted by molar-refractivity contribution is 0.0604. The summed E-state index contributed by atoms with van der Waals surface area (Å²) < 4.78 is 18.7. The molecule has 0 saturated carbocycles. The van der Waals surface area contributed by atoms with E-state index in [1.807, 2.05) is 0 Å². The fraction of sp³-hybridized carbons (Fsp3) is 0.625. The molecule has 1 aliphatic rings. The Balaban J connectivity index is 1.77. The normalized spacial score (nSPS) is 19.4. The van der Waals surface area contributed by atoms with Crippen LogP contribution in [0.5, 0.6) is 0 Å². The average Bonchev–Trinajstić information content (AvgIpc) is 2.48. The smallest absolute Gasteiger partial charge is 0.142 e. The minimum absolute atomic E-state index is 0.0757. The van der Waals surface area contributed by atoms with Gasteiger partial charge in [0.1, 0.15) is 5.82 Å². The summed E-state index contributed by atoms with van der Waals surface area (Å²) in [5.41, 5.74) is 0.544. The molecule has 2 N–H and O–H groups in total. The number of nitrogens with one attached hydrogen (secondary N) is 1. The van der Waals surface area contributed by atoms with Gasteiger partial charge >= 0.3 is 0 Å². The lowest BCUT2D eigenvalue weighted by Gasteiger charge is -2.26. The molecule has 2 unspecified atom stereocenters. The number of hydrogen-bond acceptors (Lipinski definition) is 3. The van der Waals surface area contributed by atoms with Gasteiger partial charge in [-0.3, -0.25) is 0 Å². The third-order valence-electron chi connectivity index (χ3n) is 4.02. The van der Waals surface area contributed by atoms with Crippen LogP contribution in [0.4, 0.5) is 4.39 Å². The summed E-state index contributed by atoms with van der Waals surface area (Å²) in [6.45, 7) is 4.23. The van der Waals surface area contributed by atoms with Crippen LogP contribution in [0.15, 0.2) is 18.2 Å². The second kappa shape index (κ2) is 8.08. The average molecular weight is 316 g/mol. The number of aliphatic hydroxyl groups excluding tert-OH is 1. The minimum Gasteiger partial charge on any atom is -0.387 e. The Hall–Kier alpha value is -0.680. The van der Waals surface area contributed by atoms with Gasteiger partial charge in [-0.15, -0.1) is 0 Å². The maximum Gasteiger partial charge on any atom is 0.142 e. The first-order valence-corrected chi connectivity index (χ1v) is 7.88. The molecule has 1 saturated heterocycles. The molecule has 5 heteroatoms. The Morgan fingerprint density at radius 2 is 2.14 bits per heavy atom. The van der Waals surface area contributed by atoms with Crippen molar-refractivity contribution in [2.24, 2.45) is 5.92 Å². The zero-order chi connectivity index (χ0) is 15.2. The molecule has 1 fully saturated rings. The van der Waals surface area contributed by atoms with E-state index in [-0.39, 0.29) is 5.02 Å². The molecule has 21 heavy (non-hydrogen) atoms. The number of rotatable bonds is 6. The van der Waals surface area contributed by atoms with E-state index in [1.54, 1.807) is 6.07 Å². The Morgan fingerprint density at radius 1 is 1.43 bits per heavy atom. The van der Waals surface area contributed by atoms with Crippen molar-refractivity contribution >= 4 is 11.6 Å². The van der Waals surface area contributed by atoms with Crippen molar-refractivity contribution in [3.05, 3.63) is 34.6 Å². The fourth-order valence-corrected chi connectivity index (χ4v) is 2.83. The molecule has 118 valence electrons. The molecular weight excluding hydrogens is 293 g/mol. The van der Waals surface area contributed by atoms with Crippen LogP contribution >= 0.6 is 11.6 Å². The molecule has 3 nitrogen and oxygen atoms in total. The number of halogens is 2. The fourth-order valence-electron chi connectivity index (χ4n) is 2.72. The van der Waals surface area contributed by atoms with Crippen molar-refractivity contribution in [1.82, 2.24) is 5.32 Å². The van der Waals surface area contributed by atoms with Gasteiger partial charge in [-0.1, -0.05) is 17.7 Å². The van der Waals surface area contributed by atoms with E-state index in [1.165, 1.54) is 12.1 Å². The largest absolute Gasteiger partial charge is 0.387 e. The van der Waals surface area contributed by atoms with E-state index in [4.69, 9.17) is 16.3 Å². The summed E-state index contributed by atoms with van der Waals surface area (Å²) in [5, 5.41) is 13.5.